The van der Waals surface area contributed by atoms with Crippen LogP contribution in [0.1, 0.15) is 104 Å². The number of fused-ring (bicyclic) bond motifs is 12. The van der Waals surface area contributed by atoms with Crippen molar-refractivity contribution in [1.29, 1.82) is 0 Å². The van der Waals surface area contributed by atoms with Crippen LogP contribution < -0.4 is 20.1 Å². The van der Waals surface area contributed by atoms with Crippen molar-refractivity contribution in [3.8, 4) is 16.9 Å². The van der Waals surface area contributed by atoms with Gasteiger partial charge in [0, 0.05) is 13.5 Å². The van der Waals surface area contributed by atoms with Crippen LogP contribution in [0.3, 0.4) is 0 Å². The number of hydrogen-bond donors (Lipinski definition) is 3. The molecule has 4 amide bonds. The van der Waals surface area contributed by atoms with E-state index in [4.69, 9.17) is 14.2 Å². The molecule has 0 spiro atoms. The topological polar surface area (TPSA) is 169 Å². The number of rotatable bonds is 8. The maximum Gasteiger partial charge on any atom is 0.407 e. The maximum atomic E-state index is 14.9. The average Bonchev–Trinajstić information content (AvgIpc) is 4.04. The summed E-state index contributed by atoms with van der Waals surface area (Å²) < 4.78 is 45.7. The van der Waals surface area contributed by atoms with Gasteiger partial charge < -0.3 is 29.7 Å². The Labute approximate surface area is 342 Å². The summed E-state index contributed by atoms with van der Waals surface area (Å²) in [6.45, 7) is 9.95. The molecule has 58 heavy (non-hydrogen) atoms. The van der Waals surface area contributed by atoms with Crippen LogP contribution in [0.4, 0.5) is 4.79 Å². The van der Waals surface area contributed by atoms with Crippen molar-refractivity contribution in [2.75, 3.05) is 27.4 Å². The van der Waals surface area contributed by atoms with Gasteiger partial charge in [-0.15, -0.1) is 0 Å². The van der Waals surface area contributed by atoms with Crippen LogP contribution in [0.25, 0.3) is 11.1 Å². The van der Waals surface area contributed by atoms with Gasteiger partial charge in [-0.3, -0.25) is 19.1 Å². The third-order valence-electron chi connectivity index (χ3n) is 13.2. The van der Waals surface area contributed by atoms with E-state index in [1.54, 1.807) is 14.2 Å². The molecule has 0 radical (unpaired) electrons. The fourth-order valence-corrected chi connectivity index (χ4v) is 10.4. The Bertz CT molecular complexity index is 2040. The molecule has 2 aromatic rings. The highest BCUT2D eigenvalue weighted by Gasteiger charge is 2.67. The van der Waals surface area contributed by atoms with Crippen molar-refractivity contribution in [3.63, 3.8) is 0 Å². The monoisotopic (exact) mass is 820 g/mol. The number of alkyl carbamates (subject to hydrolysis) is 1. The van der Waals surface area contributed by atoms with Crippen molar-refractivity contribution in [1.82, 2.24) is 20.3 Å². The van der Waals surface area contributed by atoms with Crippen LogP contribution in [0, 0.1) is 22.7 Å². The molecule has 3 saturated carbocycles. The van der Waals surface area contributed by atoms with E-state index in [1.165, 1.54) is 4.90 Å². The summed E-state index contributed by atoms with van der Waals surface area (Å²) >= 11 is 0. The lowest BCUT2D eigenvalue weighted by Crippen LogP contribution is -2.60. The lowest BCUT2D eigenvalue weighted by molar-refractivity contribution is -0.143. The Morgan fingerprint density at radius 3 is 2.29 bits per heavy atom. The molecular formula is C44H60N4O9S. The van der Waals surface area contributed by atoms with Gasteiger partial charge in [-0.1, -0.05) is 65.0 Å². The molecule has 2 aromatic carbocycles. The molecule has 0 aromatic heterocycles. The summed E-state index contributed by atoms with van der Waals surface area (Å²) in [6.07, 6.45) is 5.64. The number of aryl methyl sites for hydroxylation is 1. The van der Waals surface area contributed by atoms with Crippen molar-refractivity contribution < 1.29 is 41.8 Å². The standard InChI is InChI=1S/C44H60N4O9S/c1-41(2,3)36-38(50)48-26-43(56-7,25-35(48)37(49)46-44(24-34(44)28-10-11-28)39(51)47-58(53,54)32-17-18-32)30-14-12-27(13-15-30)33-19-16-31(55-6)23-29(33)9-8-20-42(4,5)21-22-57-40(52)45-36/h12-16,19,23,28,32,34-36H,8-11,17-18,20-22,24-26H2,1-7H3,(H,45,52)(H,46,49)(H,47,51)/t34-,35-,36+,43-,44+/m0/s1. The summed E-state index contributed by atoms with van der Waals surface area (Å²) in [5.41, 5.74) is 0.493. The predicted molar refractivity (Wildman–Crippen MR) is 218 cm³/mol. The first-order chi connectivity index (χ1) is 27.3. The summed E-state index contributed by atoms with van der Waals surface area (Å²) in [7, 11) is -0.664. The second-order valence-electron chi connectivity index (χ2n) is 19.1. The van der Waals surface area contributed by atoms with Crippen LogP contribution in [0.15, 0.2) is 42.5 Å². The number of benzene rings is 2. The first kappa shape index (κ1) is 42.0. The molecule has 13 nitrogen and oxygen atoms in total. The van der Waals surface area contributed by atoms with Gasteiger partial charge >= 0.3 is 6.09 Å². The zero-order chi connectivity index (χ0) is 41.8. The molecule has 3 aliphatic heterocycles. The van der Waals surface area contributed by atoms with Gasteiger partial charge in [0.25, 0.3) is 5.91 Å². The normalized spacial score (nSPS) is 29.1. The fourth-order valence-electron chi connectivity index (χ4n) is 9.03. The van der Waals surface area contributed by atoms with E-state index in [-0.39, 0.29) is 36.8 Å². The number of hydrogen-bond acceptors (Lipinski definition) is 9. The van der Waals surface area contributed by atoms with E-state index in [0.717, 1.165) is 60.1 Å². The molecule has 0 unspecified atom stereocenters. The van der Waals surface area contributed by atoms with E-state index in [2.05, 4.69) is 41.3 Å². The summed E-state index contributed by atoms with van der Waals surface area (Å²) in [5, 5.41) is 5.21. The van der Waals surface area contributed by atoms with E-state index < -0.39 is 67.7 Å². The van der Waals surface area contributed by atoms with Crippen LogP contribution in [0.2, 0.25) is 0 Å². The molecule has 14 heteroatoms. The van der Waals surface area contributed by atoms with Gasteiger partial charge in [0.2, 0.25) is 21.8 Å². The molecule has 4 fully saturated rings. The Hall–Kier alpha value is -4.17. The van der Waals surface area contributed by atoms with Gasteiger partial charge in [0.15, 0.2) is 0 Å². The smallest absolute Gasteiger partial charge is 0.407 e. The van der Waals surface area contributed by atoms with Crippen molar-refractivity contribution in [3.05, 3.63) is 53.6 Å². The van der Waals surface area contributed by atoms with Crippen LogP contribution >= 0.6 is 0 Å². The van der Waals surface area contributed by atoms with E-state index in [0.29, 0.717) is 25.7 Å². The first-order valence-electron chi connectivity index (χ1n) is 20.8. The molecule has 8 rings (SSSR count). The van der Waals surface area contributed by atoms with Gasteiger partial charge in [-0.2, -0.15) is 0 Å². The SMILES string of the molecule is COc1ccc2c(c1)CCCC(C)(C)CCOC(=O)N[C@@H](C(C)(C)C)C(=O)N1C[C@@](OC)(C[C@H]1C(=O)N[C@]1(C(=O)NS(=O)(=O)C3CC3)C[C@H]1C1CC1)c1ccc-2cc1. The molecule has 4 bridgehead atoms. The zero-order valence-corrected chi connectivity index (χ0v) is 35.8. The van der Waals surface area contributed by atoms with Crippen molar-refractivity contribution in [2.24, 2.45) is 22.7 Å². The third kappa shape index (κ3) is 8.59. The van der Waals surface area contributed by atoms with E-state index in [9.17, 15) is 27.6 Å². The Morgan fingerprint density at radius 1 is 0.966 bits per heavy atom. The predicted octanol–water partition coefficient (Wildman–Crippen LogP) is 5.59. The quantitative estimate of drug-likeness (QED) is 0.307. The maximum absolute atomic E-state index is 14.9. The highest BCUT2D eigenvalue weighted by molar-refractivity contribution is 7.91. The minimum atomic E-state index is -3.87. The average molecular weight is 821 g/mol. The highest BCUT2D eigenvalue weighted by Crippen LogP contribution is 2.57. The highest BCUT2D eigenvalue weighted by atomic mass is 32.2. The Morgan fingerprint density at radius 2 is 1.67 bits per heavy atom. The van der Waals surface area contributed by atoms with Crippen LogP contribution in [0.5, 0.6) is 5.75 Å². The van der Waals surface area contributed by atoms with E-state index in [1.807, 2.05) is 51.1 Å². The summed E-state index contributed by atoms with van der Waals surface area (Å²) in [4.78, 5) is 58.4. The zero-order valence-electron chi connectivity index (χ0n) is 34.9. The number of nitrogens with zero attached hydrogens (tertiary/aromatic N) is 1. The molecular weight excluding hydrogens is 761 g/mol. The molecule has 6 aliphatic rings. The molecule has 5 atom stereocenters. The number of nitrogens with one attached hydrogen (secondary N) is 3. The summed E-state index contributed by atoms with van der Waals surface area (Å²) in [5.74, 6) is -1.04. The second kappa shape index (κ2) is 15.5. The first-order valence-corrected chi connectivity index (χ1v) is 22.3. The minimum absolute atomic E-state index is 0.0215. The number of ether oxygens (including phenoxy) is 3. The molecule has 3 heterocycles. The van der Waals surface area contributed by atoms with E-state index >= 15 is 0 Å². The fraction of sp³-hybridized carbons (Fsp3) is 0.636. The second-order valence-corrected chi connectivity index (χ2v) is 21.1. The lowest BCUT2D eigenvalue weighted by atomic mass is 9.83. The van der Waals surface area contributed by atoms with Gasteiger partial charge in [0.1, 0.15) is 29.0 Å². The largest absolute Gasteiger partial charge is 0.497 e. The number of carbonyl (C=O) groups is 4. The molecule has 1 saturated heterocycles. The number of methoxy groups -OCH3 is 2. The van der Waals surface area contributed by atoms with Crippen LogP contribution in [-0.4, -0.2) is 87.4 Å². The minimum Gasteiger partial charge on any atom is -0.497 e. The number of carbonyl (C=O) groups excluding carboxylic acids is 4. The summed E-state index contributed by atoms with van der Waals surface area (Å²) in [6, 6.07) is 11.9. The molecule has 316 valence electrons. The lowest BCUT2D eigenvalue weighted by Gasteiger charge is -2.36. The molecule has 3 aliphatic carbocycles. The van der Waals surface area contributed by atoms with Gasteiger partial charge in [-0.05, 0) is 115 Å². The third-order valence-corrected chi connectivity index (χ3v) is 15.0. The molecule has 3 N–H and O–H groups in total. The van der Waals surface area contributed by atoms with Crippen molar-refractivity contribution in [2.45, 2.75) is 127 Å². The Kier molecular flexibility index (Phi) is 11.2. The van der Waals surface area contributed by atoms with Gasteiger partial charge in [0.05, 0.1) is 25.5 Å². The van der Waals surface area contributed by atoms with Gasteiger partial charge in [-0.25, -0.2) is 13.2 Å². The van der Waals surface area contributed by atoms with Crippen molar-refractivity contribution >= 4 is 33.8 Å². The van der Waals surface area contributed by atoms with Crippen LogP contribution in [-0.2, 0) is 45.9 Å². The number of amides is 4. The number of sulfonamides is 1. The Balaban J connectivity index is 1.26.